The lowest BCUT2D eigenvalue weighted by atomic mass is 9.96. The fourth-order valence-electron chi connectivity index (χ4n) is 4.09. The van der Waals surface area contributed by atoms with Crippen LogP contribution in [-0.2, 0) is 17.2 Å². The van der Waals surface area contributed by atoms with Crippen molar-refractivity contribution in [2.75, 3.05) is 27.2 Å². The van der Waals surface area contributed by atoms with Crippen molar-refractivity contribution in [3.8, 4) is 0 Å². The van der Waals surface area contributed by atoms with E-state index in [4.69, 9.17) is 4.98 Å². The molecule has 0 bridgehead atoms. The highest BCUT2D eigenvalue weighted by Gasteiger charge is 2.28. The van der Waals surface area contributed by atoms with Gasteiger partial charge in [-0.2, -0.15) is 5.10 Å². The Bertz CT molecular complexity index is 1370. The molecule has 0 spiro atoms. The van der Waals surface area contributed by atoms with Gasteiger partial charge in [0.05, 0.1) is 34.0 Å². The molecule has 7 heteroatoms. The largest absolute Gasteiger partial charge is 0.345 e. The normalized spacial score (nSPS) is 17.3. The zero-order valence-corrected chi connectivity index (χ0v) is 19.4. The van der Waals surface area contributed by atoms with Crippen molar-refractivity contribution >= 4 is 39.4 Å². The minimum Gasteiger partial charge on any atom is -0.345 e. The van der Waals surface area contributed by atoms with Gasteiger partial charge in [-0.3, -0.25) is 14.8 Å². The minimum absolute atomic E-state index is 0.0551. The lowest BCUT2D eigenvalue weighted by Crippen LogP contribution is -2.27. The zero-order chi connectivity index (χ0) is 22.9. The summed E-state index contributed by atoms with van der Waals surface area (Å²) in [4.78, 5) is 19.5. The smallest absolute Gasteiger partial charge is 0.253 e. The quantitative estimate of drug-likeness (QED) is 0.585. The zero-order valence-electron chi connectivity index (χ0n) is 18.6. The van der Waals surface area contributed by atoms with Crippen molar-refractivity contribution in [3.63, 3.8) is 0 Å². The van der Waals surface area contributed by atoms with Gasteiger partial charge in [-0.25, -0.2) is 4.21 Å². The van der Waals surface area contributed by atoms with Crippen LogP contribution in [0.3, 0.4) is 0 Å². The van der Waals surface area contributed by atoms with Crippen LogP contribution in [0.1, 0.15) is 21.6 Å². The molecule has 2 aliphatic heterocycles. The summed E-state index contributed by atoms with van der Waals surface area (Å²) in [6.07, 6.45) is 2.47. The maximum absolute atomic E-state index is 12.7. The summed E-state index contributed by atoms with van der Waals surface area (Å²) in [6.45, 7) is 1.28. The van der Waals surface area contributed by atoms with Gasteiger partial charge in [0.1, 0.15) is 0 Å². The highest BCUT2D eigenvalue weighted by Crippen LogP contribution is 2.36. The third kappa shape index (κ3) is 4.24. The number of fused-ring (bicyclic) bond motifs is 1. The third-order valence-corrected chi connectivity index (χ3v) is 7.09. The van der Waals surface area contributed by atoms with Crippen LogP contribution in [0.25, 0.3) is 16.5 Å². The van der Waals surface area contributed by atoms with E-state index in [-0.39, 0.29) is 5.91 Å². The number of nitrogens with zero attached hydrogens (tertiary/aromatic N) is 4. The molecule has 166 valence electrons. The maximum Gasteiger partial charge on any atom is 0.253 e. The first kappa shape index (κ1) is 21.3. The Kier molecular flexibility index (Phi) is 5.64. The Morgan fingerprint density at radius 2 is 1.94 bits per heavy atom. The van der Waals surface area contributed by atoms with E-state index in [2.05, 4.69) is 23.3 Å². The van der Waals surface area contributed by atoms with Crippen LogP contribution in [0.2, 0.25) is 0 Å². The van der Waals surface area contributed by atoms with Gasteiger partial charge in [-0.15, -0.1) is 0 Å². The first-order valence-electron chi connectivity index (χ1n) is 10.8. The summed E-state index contributed by atoms with van der Waals surface area (Å²) in [5, 5.41) is 9.42. The van der Waals surface area contributed by atoms with E-state index in [9.17, 15) is 9.00 Å². The molecule has 33 heavy (non-hydrogen) atoms. The molecule has 0 N–H and O–H groups in total. The number of pyridine rings is 1. The molecule has 1 atom stereocenters. The predicted octanol–water partition coefficient (Wildman–Crippen LogP) is 3.84. The highest BCUT2D eigenvalue weighted by atomic mass is 32.2. The molecule has 6 nitrogen and oxygen atoms in total. The van der Waals surface area contributed by atoms with E-state index in [0.29, 0.717) is 18.7 Å². The molecule has 1 amide bonds. The number of hydrazone groups is 1. The SMILES string of the molecule is CN(C)C(=O)c1cccc(C2=CS(=O)C3=C2CN(CCc2ccc4ccccc4n2)N=C3)c1. The molecule has 3 aromatic rings. The molecule has 0 saturated heterocycles. The molecule has 0 fully saturated rings. The average molecular weight is 457 g/mol. The van der Waals surface area contributed by atoms with Crippen molar-refractivity contribution in [1.82, 2.24) is 14.9 Å². The predicted molar refractivity (Wildman–Crippen MR) is 133 cm³/mol. The summed E-state index contributed by atoms with van der Waals surface area (Å²) in [6, 6.07) is 19.8. The standard InChI is InChI=1S/C26H24N4O2S/c1-29(2)26(31)20-8-5-7-19(14-20)23-17-33(32)25-15-27-30(16-22(23)25)13-12-21-11-10-18-6-3-4-9-24(18)28-21/h3-11,14-15,17H,12-13,16H2,1-2H3. The number of carbonyl (C=O) groups is 1. The number of aromatic nitrogens is 1. The molecule has 1 aromatic heterocycles. The molecule has 2 aliphatic rings. The van der Waals surface area contributed by atoms with Gasteiger partial charge in [0.2, 0.25) is 0 Å². The Hall–Kier alpha value is -3.58. The van der Waals surface area contributed by atoms with Gasteiger partial charge in [0, 0.05) is 49.1 Å². The highest BCUT2D eigenvalue weighted by molar-refractivity contribution is 7.93. The summed E-state index contributed by atoms with van der Waals surface area (Å²) in [7, 11) is 2.24. The fraction of sp³-hybridized carbons (Fsp3) is 0.192. The number of hydrogen-bond donors (Lipinski definition) is 0. The third-order valence-electron chi connectivity index (χ3n) is 5.85. The first-order chi connectivity index (χ1) is 16.0. The van der Waals surface area contributed by atoms with Crippen LogP contribution in [0.4, 0.5) is 0 Å². The maximum atomic E-state index is 12.7. The van der Waals surface area contributed by atoms with Gasteiger partial charge in [0.15, 0.2) is 0 Å². The van der Waals surface area contributed by atoms with Crippen molar-refractivity contribution in [2.45, 2.75) is 6.42 Å². The van der Waals surface area contributed by atoms with E-state index in [1.807, 2.05) is 41.4 Å². The number of benzene rings is 2. The molecular weight excluding hydrogens is 432 g/mol. The van der Waals surface area contributed by atoms with Gasteiger partial charge >= 0.3 is 0 Å². The number of hydrogen-bond acceptors (Lipinski definition) is 5. The molecular formula is C26H24N4O2S. The molecule has 0 aliphatic carbocycles. The second-order valence-electron chi connectivity index (χ2n) is 8.33. The van der Waals surface area contributed by atoms with Crippen LogP contribution in [0.5, 0.6) is 0 Å². The number of allylic oxidation sites excluding steroid dienone is 1. The van der Waals surface area contributed by atoms with Crippen molar-refractivity contribution in [3.05, 3.63) is 93.4 Å². The second kappa shape index (κ2) is 8.75. The van der Waals surface area contributed by atoms with Crippen molar-refractivity contribution in [1.29, 1.82) is 0 Å². The minimum atomic E-state index is -1.23. The summed E-state index contributed by atoms with van der Waals surface area (Å²) >= 11 is 0. The average Bonchev–Trinajstić information content (AvgIpc) is 3.18. The number of rotatable bonds is 5. The molecule has 1 unspecified atom stereocenters. The Morgan fingerprint density at radius 1 is 1.09 bits per heavy atom. The van der Waals surface area contributed by atoms with E-state index < -0.39 is 10.8 Å². The van der Waals surface area contributed by atoms with Crippen LogP contribution in [0, 0.1) is 0 Å². The van der Waals surface area contributed by atoms with Crippen LogP contribution >= 0.6 is 0 Å². The number of amides is 1. The summed E-state index contributed by atoms with van der Waals surface area (Å²) < 4.78 is 12.7. The van der Waals surface area contributed by atoms with Crippen LogP contribution in [0.15, 0.2) is 81.7 Å². The van der Waals surface area contributed by atoms with E-state index in [0.717, 1.165) is 44.6 Å². The molecule has 3 heterocycles. The van der Waals surface area contributed by atoms with Gasteiger partial charge in [0.25, 0.3) is 5.91 Å². The Labute approximate surface area is 195 Å². The van der Waals surface area contributed by atoms with Gasteiger partial charge < -0.3 is 4.90 Å². The number of para-hydroxylation sites is 1. The van der Waals surface area contributed by atoms with Gasteiger partial charge in [-0.05, 0) is 41.0 Å². The van der Waals surface area contributed by atoms with Crippen molar-refractivity contribution in [2.24, 2.45) is 5.10 Å². The molecule has 2 aromatic carbocycles. The van der Waals surface area contributed by atoms with E-state index in [1.165, 1.54) is 0 Å². The Balaban J connectivity index is 1.33. The monoisotopic (exact) mass is 456 g/mol. The summed E-state index contributed by atoms with van der Waals surface area (Å²) in [5.74, 6) is -0.0551. The van der Waals surface area contributed by atoms with Crippen molar-refractivity contribution < 1.29 is 9.00 Å². The molecule has 0 saturated carbocycles. The topological polar surface area (TPSA) is 65.9 Å². The fourth-order valence-corrected chi connectivity index (χ4v) is 5.28. The molecule has 0 radical (unpaired) electrons. The molecule has 5 rings (SSSR count). The Morgan fingerprint density at radius 3 is 2.79 bits per heavy atom. The lowest BCUT2D eigenvalue weighted by molar-refractivity contribution is 0.0827. The summed E-state index contributed by atoms with van der Waals surface area (Å²) in [5.41, 5.74) is 5.44. The van der Waals surface area contributed by atoms with Gasteiger partial charge in [-0.1, -0.05) is 36.4 Å². The van der Waals surface area contributed by atoms with E-state index >= 15 is 0 Å². The first-order valence-corrected chi connectivity index (χ1v) is 12.0. The number of carbonyl (C=O) groups excluding carboxylic acids is 1. The lowest BCUT2D eigenvalue weighted by Gasteiger charge is -2.24. The van der Waals surface area contributed by atoms with E-state index in [1.54, 1.807) is 36.7 Å². The second-order valence-corrected chi connectivity index (χ2v) is 9.60. The van der Waals surface area contributed by atoms with Crippen LogP contribution < -0.4 is 0 Å². The van der Waals surface area contributed by atoms with Crippen LogP contribution in [-0.4, -0.2) is 58.4 Å².